The average molecular weight is 284 g/mol. The maximum Gasteiger partial charge on any atom is 0.277 e. The fourth-order valence-corrected chi connectivity index (χ4v) is 1.85. The Bertz CT molecular complexity index is 784. The minimum Gasteiger partial charge on any atom is -0.469 e. The van der Waals surface area contributed by atoms with Crippen LogP contribution in [-0.4, -0.2) is 28.1 Å². The van der Waals surface area contributed by atoms with Gasteiger partial charge < -0.3 is 14.5 Å². The third kappa shape index (κ3) is 2.66. The molecule has 0 unspecified atom stereocenters. The predicted molar refractivity (Wildman–Crippen MR) is 73.8 cm³/mol. The smallest absolute Gasteiger partial charge is 0.277 e. The molecule has 0 bridgehead atoms. The third-order valence-electron chi connectivity index (χ3n) is 2.89. The molecular weight excluding hydrogens is 272 g/mol. The van der Waals surface area contributed by atoms with Gasteiger partial charge in [0.1, 0.15) is 12.3 Å². The first kappa shape index (κ1) is 13.0. The normalized spacial score (nSPS) is 10.5. The molecule has 106 valence electrons. The number of nitrogens with zero attached hydrogens (tertiary/aromatic N) is 3. The summed E-state index contributed by atoms with van der Waals surface area (Å²) in [5.41, 5.74) is 1.68. The van der Waals surface area contributed by atoms with E-state index in [9.17, 15) is 4.79 Å². The second kappa shape index (κ2) is 5.58. The van der Waals surface area contributed by atoms with Gasteiger partial charge in [-0.15, -0.1) is 5.10 Å². The van der Waals surface area contributed by atoms with Crippen LogP contribution in [0.5, 0.6) is 5.88 Å². The summed E-state index contributed by atoms with van der Waals surface area (Å²) in [7, 11) is 1.56. The van der Waals surface area contributed by atoms with Crippen LogP contribution in [0.2, 0.25) is 0 Å². The number of carbonyl (C=O) groups excluding carboxylic acids is 1. The summed E-state index contributed by atoms with van der Waals surface area (Å²) >= 11 is 0. The minimum absolute atomic E-state index is 0.237. The van der Waals surface area contributed by atoms with E-state index in [4.69, 9.17) is 9.15 Å². The van der Waals surface area contributed by atoms with Crippen LogP contribution in [0.1, 0.15) is 16.1 Å². The molecule has 1 N–H and O–H groups in total. The lowest BCUT2D eigenvalue weighted by Crippen LogP contribution is -2.19. The van der Waals surface area contributed by atoms with Crippen molar-refractivity contribution < 1.29 is 13.9 Å². The van der Waals surface area contributed by atoms with Crippen molar-refractivity contribution in [3.63, 3.8) is 0 Å². The number of nitrogens with one attached hydrogen (secondary N) is 1. The van der Waals surface area contributed by atoms with Crippen molar-refractivity contribution >= 4 is 16.9 Å². The molecule has 0 aliphatic rings. The lowest BCUT2D eigenvalue weighted by atomic mass is 10.2. The van der Waals surface area contributed by atoms with Crippen molar-refractivity contribution in [3.05, 3.63) is 48.1 Å². The van der Waals surface area contributed by atoms with Crippen LogP contribution in [0.25, 0.3) is 11.0 Å². The molecule has 7 nitrogen and oxygen atoms in total. The van der Waals surface area contributed by atoms with Crippen molar-refractivity contribution in [2.45, 2.75) is 6.61 Å². The number of aromatic nitrogens is 3. The van der Waals surface area contributed by atoms with E-state index in [0.29, 0.717) is 17.2 Å². The Kier molecular flexibility index (Phi) is 3.46. The maximum atomic E-state index is 11.5. The van der Waals surface area contributed by atoms with Crippen molar-refractivity contribution in [1.29, 1.82) is 0 Å². The predicted octanol–water partition coefficient (Wildman–Crippen LogP) is 1.56. The van der Waals surface area contributed by atoms with Gasteiger partial charge in [-0.25, -0.2) is 0 Å². The average Bonchev–Trinajstić information content (AvgIpc) is 3.01. The first-order valence-corrected chi connectivity index (χ1v) is 6.26. The van der Waals surface area contributed by atoms with Crippen LogP contribution in [0, 0.1) is 0 Å². The van der Waals surface area contributed by atoms with Gasteiger partial charge in [0, 0.05) is 18.6 Å². The Labute approximate surface area is 120 Å². The first-order valence-electron chi connectivity index (χ1n) is 6.26. The lowest BCUT2D eigenvalue weighted by Gasteiger charge is -2.06. The van der Waals surface area contributed by atoms with E-state index in [0.717, 1.165) is 10.9 Å². The largest absolute Gasteiger partial charge is 0.469 e. The number of hydrogen-bond donors (Lipinski definition) is 1. The van der Waals surface area contributed by atoms with E-state index in [1.807, 2.05) is 0 Å². The molecule has 0 aliphatic carbocycles. The van der Waals surface area contributed by atoms with Crippen molar-refractivity contribution in [2.24, 2.45) is 0 Å². The highest BCUT2D eigenvalue weighted by atomic mass is 16.5. The standard InChI is InChI=1S/C14H12N4O3/c1-15-13(19)11-6-9(2-4-16-11)8-21-14-12-10(3-5-20-12)7-17-18-14/h2-7H,8H2,1H3,(H,15,19). The van der Waals surface area contributed by atoms with Crippen LogP contribution in [0.15, 0.2) is 41.3 Å². The van der Waals surface area contributed by atoms with Crippen molar-refractivity contribution in [3.8, 4) is 5.88 Å². The highest BCUT2D eigenvalue weighted by Gasteiger charge is 2.09. The minimum atomic E-state index is -0.246. The van der Waals surface area contributed by atoms with Crippen LogP contribution in [-0.2, 0) is 6.61 Å². The molecule has 3 aromatic heterocycles. The lowest BCUT2D eigenvalue weighted by molar-refractivity contribution is 0.0958. The summed E-state index contributed by atoms with van der Waals surface area (Å²) in [6, 6.07) is 5.21. The van der Waals surface area contributed by atoms with Gasteiger partial charge >= 0.3 is 0 Å². The summed E-state index contributed by atoms with van der Waals surface area (Å²) in [5, 5.41) is 11.1. The number of pyridine rings is 1. The monoisotopic (exact) mass is 284 g/mol. The van der Waals surface area contributed by atoms with Crippen LogP contribution >= 0.6 is 0 Å². The van der Waals surface area contributed by atoms with Gasteiger partial charge in [0.05, 0.1) is 12.5 Å². The molecule has 3 rings (SSSR count). The Hall–Kier alpha value is -2.96. The van der Waals surface area contributed by atoms with E-state index in [-0.39, 0.29) is 12.5 Å². The molecule has 0 radical (unpaired) electrons. The Morgan fingerprint density at radius 3 is 3.19 bits per heavy atom. The van der Waals surface area contributed by atoms with E-state index in [1.54, 1.807) is 43.9 Å². The molecule has 0 saturated heterocycles. The number of carbonyl (C=O) groups is 1. The number of furan rings is 1. The molecule has 3 heterocycles. The maximum absolute atomic E-state index is 11.5. The van der Waals surface area contributed by atoms with Gasteiger partial charge in [-0.1, -0.05) is 0 Å². The molecule has 3 aromatic rings. The third-order valence-corrected chi connectivity index (χ3v) is 2.89. The second-order valence-electron chi connectivity index (χ2n) is 4.27. The topological polar surface area (TPSA) is 90.1 Å². The van der Waals surface area contributed by atoms with Crippen LogP contribution in [0.4, 0.5) is 0 Å². The summed E-state index contributed by atoms with van der Waals surface area (Å²) in [4.78, 5) is 15.5. The second-order valence-corrected chi connectivity index (χ2v) is 4.27. The summed E-state index contributed by atoms with van der Waals surface area (Å²) in [5.74, 6) is 0.0700. The van der Waals surface area contributed by atoms with Crippen LogP contribution in [0.3, 0.4) is 0 Å². The quantitative estimate of drug-likeness (QED) is 0.781. The van der Waals surface area contributed by atoms with Gasteiger partial charge in [-0.05, 0) is 23.8 Å². The number of fused-ring (bicyclic) bond motifs is 1. The molecule has 0 aliphatic heterocycles. The number of amides is 1. The van der Waals surface area contributed by atoms with Gasteiger partial charge in [-0.3, -0.25) is 9.78 Å². The molecule has 0 saturated carbocycles. The van der Waals surface area contributed by atoms with E-state index in [1.165, 1.54) is 0 Å². The van der Waals surface area contributed by atoms with Crippen LogP contribution < -0.4 is 10.1 Å². The van der Waals surface area contributed by atoms with Crippen molar-refractivity contribution in [2.75, 3.05) is 7.05 Å². The fourth-order valence-electron chi connectivity index (χ4n) is 1.85. The SMILES string of the molecule is CNC(=O)c1cc(COc2nncc3ccoc23)ccn1. The Balaban J connectivity index is 1.79. The van der Waals surface area contributed by atoms with Gasteiger partial charge in [0.25, 0.3) is 11.8 Å². The van der Waals surface area contributed by atoms with Gasteiger partial charge in [0.15, 0.2) is 5.58 Å². The van der Waals surface area contributed by atoms with Gasteiger partial charge in [0.2, 0.25) is 0 Å². The molecule has 7 heteroatoms. The number of rotatable bonds is 4. The highest BCUT2D eigenvalue weighted by molar-refractivity contribution is 5.92. The number of ether oxygens (including phenoxy) is 1. The zero-order valence-electron chi connectivity index (χ0n) is 11.2. The van der Waals surface area contributed by atoms with E-state index in [2.05, 4.69) is 20.5 Å². The van der Waals surface area contributed by atoms with E-state index >= 15 is 0 Å². The first-order chi connectivity index (χ1) is 10.3. The highest BCUT2D eigenvalue weighted by Crippen LogP contribution is 2.23. The molecular formula is C14H12N4O3. The number of hydrogen-bond acceptors (Lipinski definition) is 6. The molecule has 0 aromatic carbocycles. The molecule has 0 spiro atoms. The van der Waals surface area contributed by atoms with Gasteiger partial charge in [-0.2, -0.15) is 5.10 Å². The fraction of sp³-hybridized carbons (Fsp3) is 0.143. The zero-order chi connectivity index (χ0) is 14.7. The summed E-state index contributed by atoms with van der Waals surface area (Å²) in [6.45, 7) is 0.237. The van der Waals surface area contributed by atoms with Crippen molar-refractivity contribution in [1.82, 2.24) is 20.5 Å². The van der Waals surface area contributed by atoms with E-state index < -0.39 is 0 Å². The molecule has 0 fully saturated rings. The zero-order valence-corrected chi connectivity index (χ0v) is 11.2. The molecule has 1 amide bonds. The Morgan fingerprint density at radius 1 is 1.43 bits per heavy atom. The molecule has 0 atom stereocenters. The summed E-state index contributed by atoms with van der Waals surface area (Å²) < 4.78 is 10.9. The molecule has 21 heavy (non-hydrogen) atoms. The Morgan fingerprint density at radius 2 is 2.33 bits per heavy atom. The summed E-state index contributed by atoms with van der Waals surface area (Å²) in [6.07, 6.45) is 4.71.